The molecule has 0 radical (unpaired) electrons. The van der Waals surface area contributed by atoms with E-state index in [4.69, 9.17) is 16.7 Å². The van der Waals surface area contributed by atoms with Gasteiger partial charge in [0.2, 0.25) is 0 Å². The zero-order valence-electron chi connectivity index (χ0n) is 9.04. The second-order valence-corrected chi connectivity index (χ2v) is 3.78. The number of carboxylic acids is 1. The van der Waals surface area contributed by atoms with Gasteiger partial charge in [-0.25, -0.2) is 9.18 Å². The van der Waals surface area contributed by atoms with Gasteiger partial charge in [0.1, 0.15) is 11.9 Å². The van der Waals surface area contributed by atoms with Crippen LogP contribution in [0.5, 0.6) is 0 Å². The molecule has 0 aliphatic heterocycles. The van der Waals surface area contributed by atoms with Crippen molar-refractivity contribution in [2.75, 3.05) is 0 Å². The van der Waals surface area contributed by atoms with Gasteiger partial charge in [0.15, 0.2) is 0 Å². The molecule has 0 aliphatic carbocycles. The highest BCUT2D eigenvalue weighted by atomic mass is 35.5. The number of aliphatic carboxylic acids is 1. The lowest BCUT2D eigenvalue weighted by molar-refractivity contribution is -0.139. The maximum absolute atomic E-state index is 13.4. The number of carbonyl (C=O) groups is 2. The second kappa shape index (κ2) is 5.63. The topological polar surface area (TPSA) is 66.4 Å². The van der Waals surface area contributed by atoms with Gasteiger partial charge in [-0.2, -0.15) is 0 Å². The van der Waals surface area contributed by atoms with E-state index in [0.29, 0.717) is 0 Å². The molecular formula is C11H11ClFNO3. The van der Waals surface area contributed by atoms with Gasteiger partial charge in [0, 0.05) is 0 Å². The lowest BCUT2D eigenvalue weighted by Gasteiger charge is -2.13. The molecule has 0 unspecified atom stereocenters. The predicted molar refractivity (Wildman–Crippen MR) is 60.6 cm³/mol. The third kappa shape index (κ3) is 3.17. The zero-order valence-corrected chi connectivity index (χ0v) is 9.79. The van der Waals surface area contributed by atoms with E-state index in [1.54, 1.807) is 6.92 Å². The van der Waals surface area contributed by atoms with Gasteiger partial charge in [-0.3, -0.25) is 4.79 Å². The van der Waals surface area contributed by atoms with Gasteiger partial charge >= 0.3 is 5.97 Å². The predicted octanol–water partition coefficient (Wildman–Crippen LogP) is 2.07. The fourth-order valence-electron chi connectivity index (χ4n) is 1.28. The van der Waals surface area contributed by atoms with E-state index in [1.807, 2.05) is 0 Å². The Kier molecular flexibility index (Phi) is 4.45. The van der Waals surface area contributed by atoms with E-state index in [1.165, 1.54) is 12.1 Å². The van der Waals surface area contributed by atoms with Crippen molar-refractivity contribution in [2.24, 2.45) is 0 Å². The molecule has 1 aromatic carbocycles. The summed E-state index contributed by atoms with van der Waals surface area (Å²) in [5.41, 5.74) is -0.339. The van der Waals surface area contributed by atoms with Crippen LogP contribution in [0.3, 0.4) is 0 Å². The lowest BCUT2D eigenvalue weighted by Crippen LogP contribution is -2.40. The Labute approximate surface area is 102 Å². The number of hydrogen-bond acceptors (Lipinski definition) is 2. The quantitative estimate of drug-likeness (QED) is 0.870. The van der Waals surface area contributed by atoms with Gasteiger partial charge in [-0.1, -0.05) is 24.6 Å². The SMILES string of the molecule is CC[C@@H](NC(=O)c1c(F)cccc1Cl)C(=O)O. The van der Waals surface area contributed by atoms with E-state index >= 15 is 0 Å². The van der Waals surface area contributed by atoms with Crippen LogP contribution in [0.1, 0.15) is 23.7 Å². The highest BCUT2D eigenvalue weighted by Gasteiger charge is 2.22. The summed E-state index contributed by atoms with van der Waals surface area (Å²) in [6.07, 6.45) is 0.202. The van der Waals surface area contributed by atoms with Crippen LogP contribution in [0.2, 0.25) is 5.02 Å². The summed E-state index contributed by atoms with van der Waals surface area (Å²) in [6.45, 7) is 1.60. The fraction of sp³-hybridized carbons (Fsp3) is 0.273. The minimum Gasteiger partial charge on any atom is -0.480 e. The van der Waals surface area contributed by atoms with E-state index in [9.17, 15) is 14.0 Å². The fourth-order valence-corrected chi connectivity index (χ4v) is 1.53. The number of carboxylic acid groups (broad SMARTS) is 1. The average molecular weight is 260 g/mol. The molecule has 0 fully saturated rings. The molecule has 17 heavy (non-hydrogen) atoms. The molecule has 6 heteroatoms. The van der Waals surface area contributed by atoms with Crippen LogP contribution >= 0.6 is 11.6 Å². The number of halogens is 2. The number of hydrogen-bond donors (Lipinski definition) is 2. The molecule has 0 saturated heterocycles. The van der Waals surface area contributed by atoms with Crippen molar-refractivity contribution in [1.82, 2.24) is 5.32 Å². The van der Waals surface area contributed by atoms with E-state index < -0.39 is 23.7 Å². The summed E-state index contributed by atoms with van der Waals surface area (Å²) < 4.78 is 13.4. The summed E-state index contributed by atoms with van der Waals surface area (Å²) in [7, 11) is 0. The van der Waals surface area contributed by atoms with Crippen molar-refractivity contribution in [1.29, 1.82) is 0 Å². The zero-order chi connectivity index (χ0) is 13.0. The normalized spacial score (nSPS) is 11.9. The number of nitrogens with one attached hydrogen (secondary N) is 1. The van der Waals surface area contributed by atoms with Crippen LogP contribution in [0.25, 0.3) is 0 Å². The maximum Gasteiger partial charge on any atom is 0.326 e. The monoisotopic (exact) mass is 259 g/mol. The molecule has 0 aliphatic rings. The molecule has 2 N–H and O–H groups in total. The molecule has 1 aromatic rings. The molecule has 92 valence electrons. The summed E-state index contributed by atoms with van der Waals surface area (Å²) in [5.74, 6) is -2.79. The van der Waals surface area contributed by atoms with Gasteiger partial charge in [-0.15, -0.1) is 0 Å². The molecule has 0 bridgehead atoms. The first-order valence-electron chi connectivity index (χ1n) is 4.95. The highest BCUT2D eigenvalue weighted by molar-refractivity contribution is 6.33. The maximum atomic E-state index is 13.4. The summed E-state index contributed by atoms with van der Waals surface area (Å²) in [4.78, 5) is 22.4. The number of rotatable bonds is 4. The van der Waals surface area contributed by atoms with E-state index in [-0.39, 0.29) is 17.0 Å². The highest BCUT2D eigenvalue weighted by Crippen LogP contribution is 2.18. The van der Waals surface area contributed by atoms with Gasteiger partial charge in [-0.05, 0) is 18.6 Å². The molecular weight excluding hydrogens is 249 g/mol. The van der Waals surface area contributed by atoms with Gasteiger partial charge in [0.25, 0.3) is 5.91 Å². The van der Waals surface area contributed by atoms with Crippen molar-refractivity contribution in [3.63, 3.8) is 0 Å². The van der Waals surface area contributed by atoms with Gasteiger partial charge in [0.05, 0.1) is 10.6 Å². The lowest BCUT2D eigenvalue weighted by atomic mass is 10.1. The third-order valence-electron chi connectivity index (χ3n) is 2.20. The Bertz CT molecular complexity index is 430. The summed E-state index contributed by atoms with van der Waals surface area (Å²) in [5, 5.41) is 10.9. The molecule has 0 saturated carbocycles. The van der Waals surface area contributed by atoms with Crippen molar-refractivity contribution in [3.05, 3.63) is 34.6 Å². The average Bonchev–Trinajstić information content (AvgIpc) is 2.25. The first-order chi connectivity index (χ1) is 7.97. The van der Waals surface area contributed by atoms with Crippen LogP contribution in [0.15, 0.2) is 18.2 Å². The minimum absolute atomic E-state index is 0.0530. The van der Waals surface area contributed by atoms with Crippen molar-refractivity contribution < 1.29 is 19.1 Å². The standard InChI is InChI=1S/C11H11ClFNO3/c1-2-8(11(16)17)14-10(15)9-6(12)4-3-5-7(9)13/h3-5,8H,2H2,1H3,(H,14,15)(H,16,17)/t8-/m1/s1. The molecule has 1 amide bonds. The molecule has 4 nitrogen and oxygen atoms in total. The van der Waals surface area contributed by atoms with Crippen LogP contribution in [-0.2, 0) is 4.79 Å². The summed E-state index contributed by atoms with van der Waals surface area (Å²) in [6, 6.07) is 2.75. The van der Waals surface area contributed by atoms with Crippen molar-refractivity contribution in [3.8, 4) is 0 Å². The molecule has 0 spiro atoms. The molecule has 0 heterocycles. The molecule has 1 atom stereocenters. The van der Waals surface area contributed by atoms with E-state index in [2.05, 4.69) is 5.32 Å². The van der Waals surface area contributed by atoms with Crippen LogP contribution < -0.4 is 5.32 Å². The van der Waals surface area contributed by atoms with Crippen LogP contribution in [0.4, 0.5) is 4.39 Å². The van der Waals surface area contributed by atoms with Gasteiger partial charge < -0.3 is 10.4 Å². The first kappa shape index (κ1) is 13.4. The smallest absolute Gasteiger partial charge is 0.326 e. The third-order valence-corrected chi connectivity index (χ3v) is 2.52. The Morgan fingerprint density at radius 2 is 2.18 bits per heavy atom. The number of amides is 1. The Hall–Kier alpha value is -1.62. The molecule has 1 rings (SSSR count). The number of carbonyl (C=O) groups excluding carboxylic acids is 1. The van der Waals surface area contributed by atoms with E-state index in [0.717, 1.165) is 6.07 Å². The first-order valence-corrected chi connectivity index (χ1v) is 5.32. The Morgan fingerprint density at radius 1 is 1.53 bits per heavy atom. The number of benzene rings is 1. The second-order valence-electron chi connectivity index (χ2n) is 3.37. The minimum atomic E-state index is -1.17. The van der Waals surface area contributed by atoms with Crippen LogP contribution in [0, 0.1) is 5.82 Å². The van der Waals surface area contributed by atoms with Crippen LogP contribution in [-0.4, -0.2) is 23.0 Å². The molecule has 0 aromatic heterocycles. The Morgan fingerprint density at radius 3 is 2.65 bits per heavy atom. The van der Waals surface area contributed by atoms with Crippen molar-refractivity contribution >= 4 is 23.5 Å². The van der Waals surface area contributed by atoms with Crippen molar-refractivity contribution in [2.45, 2.75) is 19.4 Å². The largest absolute Gasteiger partial charge is 0.480 e. The summed E-state index contributed by atoms with van der Waals surface area (Å²) >= 11 is 5.68. The Balaban J connectivity index is 2.94.